The van der Waals surface area contributed by atoms with Gasteiger partial charge in [-0.2, -0.15) is 13.2 Å². The molecule has 1 aromatic carbocycles. The van der Waals surface area contributed by atoms with Crippen LogP contribution < -0.4 is 10.1 Å². The van der Waals surface area contributed by atoms with Gasteiger partial charge in [-0.15, -0.1) is 0 Å². The van der Waals surface area contributed by atoms with Gasteiger partial charge in [-0.25, -0.2) is 0 Å². The molecule has 3 nitrogen and oxygen atoms in total. The number of anilines is 1. The third-order valence-corrected chi connectivity index (χ3v) is 2.56. The number of hydrogen-bond acceptors (Lipinski definition) is 3. The first-order valence-electron chi connectivity index (χ1n) is 5.70. The zero-order chi connectivity index (χ0) is 14.6. The van der Waals surface area contributed by atoms with Gasteiger partial charge in [-0.3, -0.25) is 0 Å². The van der Waals surface area contributed by atoms with Gasteiger partial charge in [-0.05, 0) is 48.0 Å². The van der Waals surface area contributed by atoms with Crippen LogP contribution in [0.5, 0.6) is 5.75 Å². The summed E-state index contributed by atoms with van der Waals surface area (Å²) < 4.78 is 45.7. The van der Waals surface area contributed by atoms with E-state index in [4.69, 9.17) is 16.0 Å². The topological polar surface area (TPSA) is 34.4 Å². The Bertz CT molecular complexity index is 551. The molecule has 108 valence electrons. The molecule has 0 saturated carbocycles. The summed E-state index contributed by atoms with van der Waals surface area (Å²) in [6, 6.07) is 9.53. The summed E-state index contributed by atoms with van der Waals surface area (Å²) >= 11 is 5.63. The minimum absolute atomic E-state index is 0.161. The van der Waals surface area contributed by atoms with Crippen molar-refractivity contribution in [2.24, 2.45) is 0 Å². The van der Waals surface area contributed by atoms with Crippen molar-refractivity contribution in [3.63, 3.8) is 0 Å². The van der Waals surface area contributed by atoms with Crippen LogP contribution in [0.4, 0.5) is 18.9 Å². The fourth-order valence-corrected chi connectivity index (χ4v) is 1.63. The molecule has 0 spiro atoms. The van der Waals surface area contributed by atoms with Crippen molar-refractivity contribution in [3.8, 4) is 5.75 Å². The molecule has 0 radical (unpaired) electrons. The van der Waals surface area contributed by atoms with Crippen molar-refractivity contribution < 1.29 is 22.3 Å². The van der Waals surface area contributed by atoms with E-state index in [-0.39, 0.29) is 5.75 Å². The SMILES string of the molecule is FC(F)(F)COc1ccc(NCc2ccc(Cl)o2)cc1. The minimum atomic E-state index is -4.34. The summed E-state index contributed by atoms with van der Waals surface area (Å²) in [5.74, 6) is 0.821. The molecule has 0 aliphatic carbocycles. The molecule has 0 saturated heterocycles. The van der Waals surface area contributed by atoms with Crippen molar-refractivity contribution in [1.29, 1.82) is 0 Å². The zero-order valence-corrected chi connectivity index (χ0v) is 11.0. The van der Waals surface area contributed by atoms with Gasteiger partial charge in [0, 0.05) is 5.69 Å². The smallest absolute Gasteiger partial charge is 0.422 e. The highest BCUT2D eigenvalue weighted by Crippen LogP contribution is 2.21. The van der Waals surface area contributed by atoms with E-state index in [1.165, 1.54) is 12.1 Å². The van der Waals surface area contributed by atoms with Gasteiger partial charge in [0.15, 0.2) is 11.8 Å². The molecule has 0 bridgehead atoms. The van der Waals surface area contributed by atoms with Gasteiger partial charge < -0.3 is 14.5 Å². The van der Waals surface area contributed by atoms with Crippen LogP contribution in [-0.2, 0) is 6.54 Å². The second kappa shape index (κ2) is 6.09. The lowest BCUT2D eigenvalue weighted by atomic mass is 10.3. The Hall–Kier alpha value is -1.82. The number of benzene rings is 1. The van der Waals surface area contributed by atoms with Gasteiger partial charge in [0.1, 0.15) is 11.5 Å². The van der Waals surface area contributed by atoms with Crippen LogP contribution in [0.1, 0.15) is 5.76 Å². The summed E-state index contributed by atoms with van der Waals surface area (Å²) in [5, 5.41) is 3.35. The van der Waals surface area contributed by atoms with Crippen LogP contribution in [0.15, 0.2) is 40.8 Å². The molecule has 0 aliphatic rings. The Morgan fingerprint density at radius 1 is 1.10 bits per heavy atom. The number of halogens is 4. The summed E-state index contributed by atoms with van der Waals surface area (Å²) in [4.78, 5) is 0. The molecule has 2 aromatic rings. The van der Waals surface area contributed by atoms with E-state index in [1.54, 1.807) is 24.3 Å². The average molecular weight is 306 g/mol. The number of furan rings is 1. The van der Waals surface area contributed by atoms with Crippen LogP contribution in [0.25, 0.3) is 0 Å². The highest BCUT2D eigenvalue weighted by Gasteiger charge is 2.28. The van der Waals surface area contributed by atoms with Gasteiger partial charge >= 0.3 is 6.18 Å². The molecular weight excluding hydrogens is 295 g/mol. The molecule has 1 heterocycles. The standard InChI is InChI=1S/C13H11ClF3NO2/c14-12-6-5-11(20-12)7-18-9-1-3-10(4-2-9)19-8-13(15,16)17/h1-6,18H,7-8H2. The Balaban J connectivity index is 1.85. The summed E-state index contributed by atoms with van der Waals surface area (Å²) in [5.41, 5.74) is 0.733. The number of ether oxygens (including phenoxy) is 1. The maximum Gasteiger partial charge on any atom is 0.422 e. The number of hydrogen-bond donors (Lipinski definition) is 1. The maximum absolute atomic E-state index is 12.0. The maximum atomic E-state index is 12.0. The quantitative estimate of drug-likeness (QED) is 0.884. The molecule has 1 N–H and O–H groups in total. The largest absolute Gasteiger partial charge is 0.484 e. The first-order valence-corrected chi connectivity index (χ1v) is 6.08. The molecule has 0 unspecified atom stereocenters. The lowest BCUT2D eigenvalue weighted by Crippen LogP contribution is -2.19. The molecular formula is C13H11ClF3NO2. The lowest BCUT2D eigenvalue weighted by Gasteiger charge is -2.10. The highest BCUT2D eigenvalue weighted by molar-refractivity contribution is 6.28. The van der Waals surface area contributed by atoms with E-state index in [2.05, 4.69) is 10.1 Å². The van der Waals surface area contributed by atoms with Crippen LogP contribution in [0.3, 0.4) is 0 Å². The fraction of sp³-hybridized carbons (Fsp3) is 0.231. The van der Waals surface area contributed by atoms with Crippen LogP contribution in [0.2, 0.25) is 5.22 Å². The molecule has 0 amide bonds. The Morgan fingerprint density at radius 3 is 2.35 bits per heavy atom. The number of rotatable bonds is 5. The molecule has 20 heavy (non-hydrogen) atoms. The zero-order valence-electron chi connectivity index (χ0n) is 10.2. The van der Waals surface area contributed by atoms with E-state index in [9.17, 15) is 13.2 Å². The summed E-state index contributed by atoms with van der Waals surface area (Å²) in [6.07, 6.45) is -4.34. The second-order valence-electron chi connectivity index (χ2n) is 3.99. The van der Waals surface area contributed by atoms with Crippen LogP contribution in [0, 0.1) is 0 Å². The Morgan fingerprint density at radius 2 is 1.80 bits per heavy atom. The second-order valence-corrected chi connectivity index (χ2v) is 4.36. The van der Waals surface area contributed by atoms with Crippen molar-refractivity contribution in [2.75, 3.05) is 11.9 Å². The first-order chi connectivity index (χ1) is 9.42. The van der Waals surface area contributed by atoms with Crippen LogP contribution >= 0.6 is 11.6 Å². The average Bonchev–Trinajstić information content (AvgIpc) is 2.80. The normalized spacial score (nSPS) is 11.4. The van der Waals surface area contributed by atoms with Gasteiger partial charge in [0.25, 0.3) is 0 Å². The van der Waals surface area contributed by atoms with Gasteiger partial charge in [0.05, 0.1) is 6.54 Å². The van der Waals surface area contributed by atoms with Gasteiger partial charge in [0.2, 0.25) is 0 Å². The number of nitrogens with one attached hydrogen (secondary N) is 1. The van der Waals surface area contributed by atoms with Crippen molar-refractivity contribution in [2.45, 2.75) is 12.7 Å². The van der Waals surface area contributed by atoms with Gasteiger partial charge in [-0.1, -0.05) is 0 Å². The van der Waals surface area contributed by atoms with Crippen molar-refractivity contribution >= 4 is 17.3 Å². The van der Waals surface area contributed by atoms with E-state index >= 15 is 0 Å². The minimum Gasteiger partial charge on any atom is -0.484 e. The van der Waals surface area contributed by atoms with E-state index in [0.29, 0.717) is 17.5 Å². The molecule has 0 fully saturated rings. The summed E-state index contributed by atoms with van der Waals surface area (Å²) in [7, 11) is 0. The predicted molar refractivity (Wildman–Crippen MR) is 69.0 cm³/mol. The van der Waals surface area contributed by atoms with Crippen molar-refractivity contribution in [1.82, 2.24) is 0 Å². The van der Waals surface area contributed by atoms with E-state index < -0.39 is 12.8 Å². The first kappa shape index (κ1) is 14.6. The van der Waals surface area contributed by atoms with E-state index in [1.807, 2.05) is 0 Å². The molecule has 2 rings (SSSR count). The van der Waals surface area contributed by atoms with E-state index in [0.717, 1.165) is 5.69 Å². The third-order valence-electron chi connectivity index (χ3n) is 2.35. The number of alkyl halides is 3. The summed E-state index contributed by atoms with van der Waals surface area (Å²) in [6.45, 7) is -0.875. The van der Waals surface area contributed by atoms with Crippen molar-refractivity contribution in [3.05, 3.63) is 47.4 Å². The highest BCUT2D eigenvalue weighted by atomic mass is 35.5. The predicted octanol–water partition coefficient (Wildman–Crippen LogP) is 4.49. The third kappa shape index (κ3) is 4.70. The molecule has 1 aromatic heterocycles. The molecule has 0 atom stereocenters. The fourth-order valence-electron chi connectivity index (χ4n) is 1.47. The lowest BCUT2D eigenvalue weighted by molar-refractivity contribution is -0.153. The Kier molecular flexibility index (Phi) is 4.44. The molecule has 7 heteroatoms. The Labute approximate surface area is 118 Å². The van der Waals surface area contributed by atoms with Crippen LogP contribution in [-0.4, -0.2) is 12.8 Å². The monoisotopic (exact) mass is 305 g/mol. The molecule has 0 aliphatic heterocycles.